The van der Waals surface area contributed by atoms with Crippen LogP contribution in [0.4, 0.5) is 0 Å². The maximum absolute atomic E-state index is 12.8. The number of hydrogen-bond donors (Lipinski definition) is 0. The molecule has 0 spiro atoms. The lowest BCUT2D eigenvalue weighted by Gasteiger charge is -2.34. The summed E-state index contributed by atoms with van der Waals surface area (Å²) in [5, 5.41) is 8.10. The fraction of sp³-hybridized carbons (Fsp3) is 0.273. The number of carbonyl (C=O) groups is 2. The first-order valence-corrected chi connectivity index (χ1v) is 9.81. The Hall–Kier alpha value is -3.68. The quantitative estimate of drug-likeness (QED) is 0.648. The number of piperazine rings is 1. The van der Waals surface area contributed by atoms with E-state index >= 15 is 0 Å². The van der Waals surface area contributed by atoms with Crippen molar-refractivity contribution in [1.29, 1.82) is 0 Å². The lowest BCUT2D eigenvalue weighted by Crippen LogP contribution is -2.50. The predicted octanol–water partition coefficient (Wildman–Crippen LogP) is 1.93. The van der Waals surface area contributed by atoms with Crippen molar-refractivity contribution in [1.82, 2.24) is 24.8 Å². The number of hydrogen-bond acceptors (Lipinski definition) is 5. The maximum Gasteiger partial charge on any atom is 0.276 e. The molecule has 2 amide bonds. The summed E-state index contributed by atoms with van der Waals surface area (Å²) in [5.74, 6) is 0.422. The van der Waals surface area contributed by atoms with Crippen LogP contribution in [0.1, 0.15) is 26.4 Å². The third-order valence-electron chi connectivity index (χ3n) is 5.12. The number of methoxy groups -OCH3 is 1. The van der Waals surface area contributed by atoms with Crippen molar-refractivity contribution in [3.05, 3.63) is 77.6 Å². The Morgan fingerprint density at radius 1 is 0.933 bits per heavy atom. The normalized spacial score (nSPS) is 13.9. The van der Waals surface area contributed by atoms with Gasteiger partial charge in [-0.15, -0.1) is 5.10 Å². The van der Waals surface area contributed by atoms with Gasteiger partial charge in [0.2, 0.25) is 0 Å². The zero-order valence-electron chi connectivity index (χ0n) is 16.8. The zero-order valence-corrected chi connectivity index (χ0v) is 16.8. The molecule has 2 aromatic carbocycles. The van der Waals surface area contributed by atoms with Gasteiger partial charge in [-0.1, -0.05) is 41.6 Å². The van der Waals surface area contributed by atoms with E-state index in [4.69, 9.17) is 4.74 Å². The summed E-state index contributed by atoms with van der Waals surface area (Å²) in [4.78, 5) is 29.0. The Morgan fingerprint density at radius 3 is 2.33 bits per heavy atom. The van der Waals surface area contributed by atoms with E-state index in [2.05, 4.69) is 10.3 Å². The average Bonchev–Trinajstić information content (AvgIpc) is 3.27. The SMILES string of the molecule is COc1cccc(C(=O)N2CCN(C(=O)c3cn(Cc4ccccc4)nn3)CC2)c1. The van der Waals surface area contributed by atoms with E-state index in [0.717, 1.165) is 5.56 Å². The molecule has 0 N–H and O–H groups in total. The van der Waals surface area contributed by atoms with Crippen LogP contribution in [0, 0.1) is 0 Å². The molecule has 0 aliphatic carbocycles. The molecule has 1 aliphatic heterocycles. The number of nitrogens with zero attached hydrogens (tertiary/aromatic N) is 5. The molecule has 1 fully saturated rings. The van der Waals surface area contributed by atoms with Gasteiger partial charge in [-0.2, -0.15) is 0 Å². The fourth-order valence-corrected chi connectivity index (χ4v) is 3.46. The van der Waals surface area contributed by atoms with Crippen LogP contribution in [-0.2, 0) is 6.54 Å². The summed E-state index contributed by atoms with van der Waals surface area (Å²) in [5.41, 5.74) is 1.99. The van der Waals surface area contributed by atoms with Gasteiger partial charge < -0.3 is 14.5 Å². The second-order valence-electron chi connectivity index (χ2n) is 7.10. The fourth-order valence-electron chi connectivity index (χ4n) is 3.46. The van der Waals surface area contributed by atoms with Crippen molar-refractivity contribution in [3.63, 3.8) is 0 Å². The predicted molar refractivity (Wildman–Crippen MR) is 110 cm³/mol. The van der Waals surface area contributed by atoms with Crippen molar-refractivity contribution in [2.24, 2.45) is 0 Å². The topological polar surface area (TPSA) is 80.6 Å². The first-order valence-electron chi connectivity index (χ1n) is 9.81. The summed E-state index contributed by atoms with van der Waals surface area (Å²) in [6.45, 7) is 2.42. The maximum atomic E-state index is 12.8. The van der Waals surface area contributed by atoms with E-state index in [1.165, 1.54) is 0 Å². The van der Waals surface area contributed by atoms with Gasteiger partial charge in [0.1, 0.15) is 5.75 Å². The summed E-state index contributed by atoms with van der Waals surface area (Å²) >= 11 is 0. The molecule has 0 unspecified atom stereocenters. The minimum Gasteiger partial charge on any atom is -0.497 e. The first-order chi connectivity index (χ1) is 14.6. The van der Waals surface area contributed by atoms with Gasteiger partial charge in [-0.05, 0) is 23.8 Å². The van der Waals surface area contributed by atoms with E-state index in [0.29, 0.717) is 49.7 Å². The monoisotopic (exact) mass is 405 g/mol. The van der Waals surface area contributed by atoms with E-state index in [9.17, 15) is 9.59 Å². The number of aromatic nitrogens is 3. The highest BCUT2D eigenvalue weighted by Crippen LogP contribution is 2.16. The van der Waals surface area contributed by atoms with Crippen LogP contribution in [0.5, 0.6) is 5.75 Å². The Kier molecular flexibility index (Phi) is 5.74. The number of amides is 2. The van der Waals surface area contributed by atoms with Crippen LogP contribution in [0.15, 0.2) is 60.8 Å². The Morgan fingerprint density at radius 2 is 1.63 bits per heavy atom. The van der Waals surface area contributed by atoms with Crippen molar-refractivity contribution in [3.8, 4) is 5.75 Å². The molecule has 30 heavy (non-hydrogen) atoms. The minimum absolute atomic E-state index is 0.0604. The average molecular weight is 405 g/mol. The molecule has 8 nitrogen and oxygen atoms in total. The standard InChI is InChI=1S/C22H23N5O3/c1-30-19-9-5-8-18(14-19)21(28)25-10-12-26(13-11-25)22(29)20-16-27(24-23-20)15-17-6-3-2-4-7-17/h2-9,14,16H,10-13,15H2,1H3. The minimum atomic E-state index is -0.164. The second-order valence-corrected chi connectivity index (χ2v) is 7.10. The molecule has 4 rings (SSSR count). The third-order valence-corrected chi connectivity index (χ3v) is 5.12. The van der Waals surface area contributed by atoms with Crippen molar-refractivity contribution in [2.75, 3.05) is 33.3 Å². The summed E-state index contributed by atoms with van der Waals surface area (Å²) < 4.78 is 6.85. The molecule has 1 aliphatic rings. The molecule has 1 aromatic heterocycles. The second kappa shape index (κ2) is 8.77. The molecule has 8 heteroatoms. The molecular formula is C22H23N5O3. The van der Waals surface area contributed by atoms with Gasteiger partial charge in [0, 0.05) is 31.7 Å². The molecule has 0 atom stereocenters. The van der Waals surface area contributed by atoms with Crippen LogP contribution in [-0.4, -0.2) is 69.9 Å². The summed E-state index contributed by atoms with van der Waals surface area (Å²) in [6.07, 6.45) is 1.67. The van der Waals surface area contributed by atoms with Crippen LogP contribution in [0.3, 0.4) is 0 Å². The van der Waals surface area contributed by atoms with Crippen molar-refractivity contribution >= 4 is 11.8 Å². The van der Waals surface area contributed by atoms with Crippen LogP contribution >= 0.6 is 0 Å². The van der Waals surface area contributed by atoms with Crippen LogP contribution < -0.4 is 4.74 Å². The number of ether oxygens (including phenoxy) is 1. The molecular weight excluding hydrogens is 382 g/mol. The van der Waals surface area contributed by atoms with Crippen molar-refractivity contribution in [2.45, 2.75) is 6.54 Å². The smallest absolute Gasteiger partial charge is 0.276 e. The van der Waals surface area contributed by atoms with Crippen molar-refractivity contribution < 1.29 is 14.3 Å². The van der Waals surface area contributed by atoms with Gasteiger partial charge in [-0.25, -0.2) is 4.68 Å². The van der Waals surface area contributed by atoms with Crippen LogP contribution in [0.25, 0.3) is 0 Å². The van der Waals surface area contributed by atoms with E-state index in [1.54, 1.807) is 52.1 Å². The summed E-state index contributed by atoms with van der Waals surface area (Å²) in [7, 11) is 1.57. The Bertz CT molecular complexity index is 1030. The van der Waals surface area contributed by atoms with Gasteiger partial charge in [0.25, 0.3) is 11.8 Å². The van der Waals surface area contributed by atoms with E-state index in [1.807, 2.05) is 30.3 Å². The van der Waals surface area contributed by atoms with Gasteiger partial charge in [0.15, 0.2) is 5.69 Å². The molecule has 1 saturated heterocycles. The number of benzene rings is 2. The first kappa shape index (κ1) is 19.6. The largest absolute Gasteiger partial charge is 0.497 e. The molecule has 154 valence electrons. The summed E-state index contributed by atoms with van der Waals surface area (Å²) in [6, 6.07) is 17.0. The lowest BCUT2D eigenvalue weighted by molar-refractivity contribution is 0.0532. The van der Waals surface area contributed by atoms with Gasteiger partial charge in [0.05, 0.1) is 19.9 Å². The zero-order chi connectivity index (χ0) is 20.9. The Labute approximate surface area is 174 Å². The highest BCUT2D eigenvalue weighted by Gasteiger charge is 2.27. The lowest BCUT2D eigenvalue weighted by atomic mass is 10.1. The molecule has 0 saturated carbocycles. The molecule has 3 aromatic rings. The third kappa shape index (κ3) is 4.32. The van der Waals surface area contributed by atoms with Gasteiger partial charge in [-0.3, -0.25) is 9.59 Å². The Balaban J connectivity index is 1.35. The molecule has 0 radical (unpaired) electrons. The van der Waals surface area contributed by atoms with E-state index in [-0.39, 0.29) is 11.8 Å². The highest BCUT2D eigenvalue weighted by molar-refractivity contribution is 5.95. The highest BCUT2D eigenvalue weighted by atomic mass is 16.5. The molecule has 0 bridgehead atoms. The van der Waals surface area contributed by atoms with Crippen LogP contribution in [0.2, 0.25) is 0 Å². The van der Waals surface area contributed by atoms with Gasteiger partial charge >= 0.3 is 0 Å². The number of carbonyl (C=O) groups excluding carboxylic acids is 2. The molecule has 2 heterocycles. The number of rotatable bonds is 5. The van der Waals surface area contributed by atoms with E-state index < -0.39 is 0 Å².